The van der Waals surface area contributed by atoms with Gasteiger partial charge in [0, 0.05) is 36.9 Å². The van der Waals surface area contributed by atoms with Gasteiger partial charge in [-0.2, -0.15) is 0 Å². The quantitative estimate of drug-likeness (QED) is 0.173. The number of amides is 1. The molecule has 1 atom stereocenters. The molecule has 0 aliphatic carbocycles. The Morgan fingerprint density at radius 2 is 1.74 bits per heavy atom. The number of aromatic amines is 1. The number of hydrogen-bond acceptors (Lipinski definition) is 6. The molecule has 0 aliphatic heterocycles. The van der Waals surface area contributed by atoms with E-state index in [4.69, 9.17) is 9.84 Å². The molecule has 0 fully saturated rings. The van der Waals surface area contributed by atoms with Crippen LogP contribution in [0.15, 0.2) is 67.0 Å². The fraction of sp³-hybridized carbons (Fsp3) is 0.167. The number of carboxylic acids is 2. The zero-order valence-electron chi connectivity index (χ0n) is 22.2. The van der Waals surface area contributed by atoms with Crippen LogP contribution in [-0.4, -0.2) is 49.9 Å². The van der Waals surface area contributed by atoms with Crippen molar-refractivity contribution < 1.29 is 42.9 Å². The number of Topliss-reactive ketones (excluding diaryl/α,β-unsaturated/α-hetero) is 1. The van der Waals surface area contributed by atoms with Gasteiger partial charge in [-0.3, -0.25) is 19.4 Å². The molecular weight excluding hydrogens is 552 g/mol. The van der Waals surface area contributed by atoms with E-state index in [1.54, 1.807) is 19.1 Å². The summed E-state index contributed by atoms with van der Waals surface area (Å²) in [7, 11) is 0. The van der Waals surface area contributed by atoms with Crippen molar-refractivity contribution in [1.82, 2.24) is 15.3 Å². The lowest BCUT2D eigenvalue weighted by atomic mass is 10.0. The van der Waals surface area contributed by atoms with E-state index in [0.29, 0.717) is 11.4 Å². The zero-order valence-corrected chi connectivity index (χ0v) is 22.2. The molecular formula is C30H25F2N3O7. The minimum atomic E-state index is -1.39. The second kappa shape index (κ2) is 12.9. The largest absolute Gasteiger partial charge is 0.481 e. The summed E-state index contributed by atoms with van der Waals surface area (Å²) < 4.78 is 34.4. The van der Waals surface area contributed by atoms with Gasteiger partial charge in [0.05, 0.1) is 17.0 Å². The molecule has 0 bridgehead atoms. The van der Waals surface area contributed by atoms with Crippen molar-refractivity contribution in [3.8, 4) is 22.9 Å². The van der Waals surface area contributed by atoms with E-state index in [2.05, 4.69) is 15.3 Å². The van der Waals surface area contributed by atoms with Crippen LogP contribution in [0.5, 0.6) is 11.5 Å². The van der Waals surface area contributed by atoms with E-state index in [1.807, 2.05) is 0 Å². The Morgan fingerprint density at radius 3 is 2.48 bits per heavy atom. The van der Waals surface area contributed by atoms with Crippen molar-refractivity contribution in [3.63, 3.8) is 0 Å². The summed E-state index contributed by atoms with van der Waals surface area (Å²) >= 11 is 0. The number of ether oxygens (including phenoxy) is 1. The van der Waals surface area contributed by atoms with Crippen LogP contribution in [0.3, 0.4) is 0 Å². The van der Waals surface area contributed by atoms with Gasteiger partial charge in [-0.05, 0) is 55.3 Å². The summed E-state index contributed by atoms with van der Waals surface area (Å²) in [6.45, 7) is 1.78. The molecule has 2 heterocycles. The Hall–Kier alpha value is -5.39. The first kappa shape index (κ1) is 29.6. The van der Waals surface area contributed by atoms with Crippen molar-refractivity contribution in [2.45, 2.75) is 32.2 Å². The molecule has 0 saturated heterocycles. The number of carboxylic acid groups (broad SMARTS) is 2. The van der Waals surface area contributed by atoms with Crippen LogP contribution in [0.25, 0.3) is 11.4 Å². The van der Waals surface area contributed by atoms with E-state index in [0.717, 1.165) is 11.6 Å². The first-order valence-electron chi connectivity index (χ1n) is 12.7. The number of carbonyl (C=O) groups is 4. The Labute approximate surface area is 238 Å². The van der Waals surface area contributed by atoms with Gasteiger partial charge in [-0.15, -0.1) is 0 Å². The molecule has 0 aliphatic rings. The SMILES string of the molecule is Cc1ccc(F)c(CC(=O)c2ccc(F)c(Oc3ccnc(-c4cc(C(=O)N[C@@H](CCC(=O)O)C(=O)O)c[nH]4)c3)c2)c1. The maximum atomic E-state index is 14.6. The van der Waals surface area contributed by atoms with Gasteiger partial charge in [0.2, 0.25) is 0 Å². The highest BCUT2D eigenvalue weighted by Crippen LogP contribution is 2.29. The van der Waals surface area contributed by atoms with Gasteiger partial charge < -0.3 is 25.3 Å². The van der Waals surface area contributed by atoms with Crippen molar-refractivity contribution in [3.05, 3.63) is 101 Å². The third-order valence-corrected chi connectivity index (χ3v) is 6.24. The van der Waals surface area contributed by atoms with Crippen molar-refractivity contribution in [1.29, 1.82) is 0 Å². The fourth-order valence-electron chi connectivity index (χ4n) is 4.06. The van der Waals surface area contributed by atoms with Crippen LogP contribution in [0, 0.1) is 18.6 Å². The number of nitrogens with one attached hydrogen (secondary N) is 2. The number of aryl methyl sites for hydroxylation is 1. The lowest BCUT2D eigenvalue weighted by molar-refractivity contribution is -0.140. The number of pyridine rings is 1. The number of aromatic nitrogens is 2. The van der Waals surface area contributed by atoms with Crippen molar-refractivity contribution in [2.75, 3.05) is 0 Å². The zero-order chi connectivity index (χ0) is 30.4. The molecule has 10 nitrogen and oxygen atoms in total. The number of rotatable bonds is 12. The van der Waals surface area contributed by atoms with Gasteiger partial charge in [0.25, 0.3) is 5.91 Å². The maximum absolute atomic E-state index is 14.6. The molecule has 12 heteroatoms. The molecule has 2 aromatic carbocycles. The number of nitrogens with zero attached hydrogens (tertiary/aromatic N) is 1. The standard InChI is InChI=1S/C30H25F2N3O7/c1-16-2-4-21(31)18(10-16)12-26(36)17-3-5-22(32)27(13-17)42-20-8-9-33-25(14-20)24-11-19(15-34-24)29(39)35-23(30(40)41)6-7-28(37)38/h2-5,8-11,13-15,23,34H,6-7,12H2,1H3,(H,35,39)(H,37,38)(H,40,41)/t23-/m0/s1. The Kier molecular flexibility index (Phi) is 9.05. The molecule has 4 aromatic rings. The minimum absolute atomic E-state index is 0.0713. The van der Waals surface area contributed by atoms with Crippen LogP contribution in [0.2, 0.25) is 0 Å². The maximum Gasteiger partial charge on any atom is 0.326 e. The van der Waals surface area contributed by atoms with E-state index in [9.17, 15) is 33.1 Å². The third kappa shape index (κ3) is 7.42. The van der Waals surface area contributed by atoms with Crippen molar-refractivity contribution >= 4 is 23.6 Å². The van der Waals surface area contributed by atoms with Gasteiger partial charge in [0.1, 0.15) is 17.6 Å². The summed E-state index contributed by atoms with van der Waals surface area (Å²) in [4.78, 5) is 54.6. The first-order valence-corrected chi connectivity index (χ1v) is 12.7. The van der Waals surface area contributed by atoms with E-state index >= 15 is 0 Å². The highest BCUT2D eigenvalue weighted by molar-refractivity contribution is 5.98. The summed E-state index contributed by atoms with van der Waals surface area (Å²) in [6.07, 6.45) is 1.76. The van der Waals surface area contributed by atoms with Gasteiger partial charge >= 0.3 is 11.9 Å². The Morgan fingerprint density at radius 1 is 0.976 bits per heavy atom. The average molecular weight is 578 g/mol. The molecule has 0 spiro atoms. The normalized spacial score (nSPS) is 11.5. The summed E-state index contributed by atoms with van der Waals surface area (Å²) in [6, 6.07) is 11.0. The molecule has 4 N–H and O–H groups in total. The predicted molar refractivity (Wildman–Crippen MR) is 145 cm³/mol. The number of ketones is 1. The number of halogens is 2. The topological polar surface area (TPSA) is 159 Å². The third-order valence-electron chi connectivity index (χ3n) is 6.24. The molecule has 2 aromatic heterocycles. The van der Waals surface area contributed by atoms with E-state index in [1.165, 1.54) is 48.8 Å². The van der Waals surface area contributed by atoms with Crippen molar-refractivity contribution in [2.24, 2.45) is 0 Å². The monoisotopic (exact) mass is 577 g/mol. The van der Waals surface area contributed by atoms with Crippen LogP contribution in [-0.2, 0) is 16.0 Å². The molecule has 1 amide bonds. The number of carbonyl (C=O) groups excluding carboxylic acids is 2. The van der Waals surface area contributed by atoms with Gasteiger partial charge in [-0.25, -0.2) is 13.6 Å². The summed E-state index contributed by atoms with van der Waals surface area (Å²) in [5.41, 5.74) is 1.88. The smallest absolute Gasteiger partial charge is 0.326 e. The van der Waals surface area contributed by atoms with Crippen LogP contribution < -0.4 is 10.1 Å². The highest BCUT2D eigenvalue weighted by Gasteiger charge is 2.22. The van der Waals surface area contributed by atoms with E-state index in [-0.39, 0.29) is 41.0 Å². The Bertz CT molecular complexity index is 1670. The van der Waals surface area contributed by atoms with Crippen LogP contribution in [0.4, 0.5) is 8.78 Å². The highest BCUT2D eigenvalue weighted by atomic mass is 19.1. The number of benzene rings is 2. The molecule has 216 valence electrons. The second-order valence-corrected chi connectivity index (χ2v) is 9.42. The summed E-state index contributed by atoms with van der Waals surface area (Å²) in [5, 5.41) is 20.3. The minimum Gasteiger partial charge on any atom is -0.481 e. The number of hydrogen-bond donors (Lipinski definition) is 4. The predicted octanol–water partition coefficient (Wildman–Crippen LogP) is 4.93. The molecule has 4 rings (SSSR count). The molecule has 42 heavy (non-hydrogen) atoms. The molecule has 0 saturated carbocycles. The second-order valence-electron chi connectivity index (χ2n) is 9.42. The van der Waals surface area contributed by atoms with Crippen LogP contribution in [0.1, 0.15) is 44.7 Å². The number of H-pyrrole nitrogens is 1. The van der Waals surface area contributed by atoms with Gasteiger partial charge in [-0.1, -0.05) is 17.7 Å². The Balaban J connectivity index is 1.48. The van der Waals surface area contributed by atoms with E-state index < -0.39 is 47.7 Å². The number of aliphatic carboxylic acids is 2. The molecule has 0 unspecified atom stereocenters. The first-order chi connectivity index (χ1) is 20.0. The average Bonchev–Trinajstić information content (AvgIpc) is 3.45. The lowest BCUT2D eigenvalue weighted by Gasteiger charge is -2.12. The van der Waals surface area contributed by atoms with Crippen LogP contribution >= 0.6 is 0 Å². The molecule has 0 radical (unpaired) electrons. The fourth-order valence-corrected chi connectivity index (χ4v) is 4.06. The van der Waals surface area contributed by atoms with Gasteiger partial charge in [0.15, 0.2) is 17.3 Å². The summed E-state index contributed by atoms with van der Waals surface area (Å²) in [5.74, 6) is -5.05. The lowest BCUT2D eigenvalue weighted by Crippen LogP contribution is -2.41.